The molecule has 0 aromatic rings. The molecule has 0 amide bonds. The molecule has 0 aromatic heterocycles. The molecule has 0 saturated heterocycles. The summed E-state index contributed by atoms with van der Waals surface area (Å²) in [6, 6.07) is 0.324. The van der Waals surface area contributed by atoms with Gasteiger partial charge in [-0.3, -0.25) is 4.57 Å². The zero-order chi connectivity index (χ0) is 11.3. The minimum absolute atomic E-state index is 0.208. The van der Waals surface area contributed by atoms with Crippen LogP contribution in [0.4, 0.5) is 0 Å². The Balaban J connectivity index is 2.49. The maximum absolute atomic E-state index is 11.9. The molecular weight excluding hydrogens is 233 g/mol. The first-order chi connectivity index (χ1) is 7.12. The molecule has 0 aromatic carbocycles. The molecular formula is C9H18NO3PS. The van der Waals surface area contributed by atoms with E-state index in [-0.39, 0.29) is 4.73 Å². The lowest BCUT2D eigenvalue weighted by atomic mass is 9.96. The van der Waals surface area contributed by atoms with Gasteiger partial charge in [-0.05, 0) is 12.8 Å². The normalized spacial score (nSPS) is 18.8. The first-order valence-electron chi connectivity index (χ1n) is 5.15. The molecule has 1 saturated carbocycles. The van der Waals surface area contributed by atoms with E-state index in [1.54, 1.807) is 0 Å². The van der Waals surface area contributed by atoms with Gasteiger partial charge in [0.05, 0.1) is 0 Å². The van der Waals surface area contributed by atoms with Crippen LogP contribution in [0.25, 0.3) is 0 Å². The molecule has 0 heterocycles. The third-order valence-corrected chi connectivity index (χ3v) is 5.04. The van der Waals surface area contributed by atoms with Crippen molar-refractivity contribution in [3.63, 3.8) is 0 Å². The van der Waals surface area contributed by atoms with E-state index >= 15 is 0 Å². The largest absolute Gasteiger partial charge is 0.387 e. The summed E-state index contributed by atoms with van der Waals surface area (Å²) in [5.74, 6) is 0. The fourth-order valence-electron chi connectivity index (χ4n) is 1.74. The molecule has 1 rings (SSSR count). The summed E-state index contributed by atoms with van der Waals surface area (Å²) in [6.45, 7) is 0. The molecule has 0 unspecified atom stereocenters. The monoisotopic (exact) mass is 251 g/mol. The Bertz CT molecular complexity index is 258. The Hall–Kier alpha value is 0.0400. The van der Waals surface area contributed by atoms with Crippen LogP contribution in [0.5, 0.6) is 0 Å². The Morgan fingerprint density at radius 3 is 2.27 bits per heavy atom. The average molecular weight is 251 g/mol. The van der Waals surface area contributed by atoms with Crippen molar-refractivity contribution in [2.24, 2.45) is 0 Å². The van der Waals surface area contributed by atoms with E-state index < -0.39 is 7.60 Å². The lowest BCUT2D eigenvalue weighted by Gasteiger charge is -2.25. The topological polar surface area (TPSA) is 47.6 Å². The molecule has 1 N–H and O–H groups in total. The quantitative estimate of drug-likeness (QED) is 0.615. The molecule has 1 fully saturated rings. The minimum atomic E-state index is -3.22. The highest BCUT2D eigenvalue weighted by Gasteiger charge is 2.29. The van der Waals surface area contributed by atoms with Crippen LogP contribution in [0.3, 0.4) is 0 Å². The maximum Gasteiger partial charge on any atom is 0.387 e. The highest BCUT2D eigenvalue weighted by molar-refractivity contribution is 7.97. The standard InChI is InChI=1S/C9H18NO3PS/c1-12-14(11,13-2)9(15)10-8-6-4-3-5-7-8/h8H,3-7H2,1-2H3,(H,10,15). The van der Waals surface area contributed by atoms with Crippen molar-refractivity contribution in [1.82, 2.24) is 5.32 Å². The van der Waals surface area contributed by atoms with E-state index in [1.807, 2.05) is 0 Å². The van der Waals surface area contributed by atoms with Crippen LogP contribution in [0, 0.1) is 0 Å². The van der Waals surface area contributed by atoms with Crippen LogP contribution >= 0.6 is 19.8 Å². The van der Waals surface area contributed by atoms with Gasteiger partial charge in [-0.2, -0.15) is 0 Å². The molecule has 15 heavy (non-hydrogen) atoms. The number of nitrogens with one attached hydrogen (secondary N) is 1. The van der Waals surface area contributed by atoms with Crippen LogP contribution < -0.4 is 5.32 Å². The molecule has 6 heteroatoms. The van der Waals surface area contributed by atoms with Gasteiger partial charge in [0, 0.05) is 20.3 Å². The molecule has 4 nitrogen and oxygen atoms in total. The number of rotatable bonds is 4. The van der Waals surface area contributed by atoms with Crippen molar-refractivity contribution in [3.05, 3.63) is 0 Å². The smallest absolute Gasteiger partial charge is 0.367 e. The summed E-state index contributed by atoms with van der Waals surface area (Å²) in [5, 5.41) is 3.08. The van der Waals surface area contributed by atoms with Crippen molar-refractivity contribution >= 4 is 24.5 Å². The van der Waals surface area contributed by atoms with Gasteiger partial charge in [-0.1, -0.05) is 31.5 Å². The van der Waals surface area contributed by atoms with Gasteiger partial charge in [0.15, 0.2) is 4.73 Å². The highest BCUT2D eigenvalue weighted by Crippen LogP contribution is 2.47. The fraction of sp³-hybridized carbons (Fsp3) is 0.889. The molecule has 1 aliphatic carbocycles. The third-order valence-electron chi connectivity index (χ3n) is 2.66. The van der Waals surface area contributed by atoms with E-state index in [0.29, 0.717) is 6.04 Å². The Morgan fingerprint density at radius 1 is 1.27 bits per heavy atom. The van der Waals surface area contributed by atoms with E-state index in [1.165, 1.54) is 33.5 Å². The second kappa shape index (κ2) is 5.94. The summed E-state index contributed by atoms with van der Waals surface area (Å²) < 4.78 is 21.7. The van der Waals surface area contributed by atoms with Crippen molar-refractivity contribution in [2.75, 3.05) is 14.2 Å². The first-order valence-corrected chi connectivity index (χ1v) is 7.10. The second-order valence-electron chi connectivity index (χ2n) is 3.65. The zero-order valence-corrected chi connectivity index (χ0v) is 10.9. The second-order valence-corrected chi connectivity index (χ2v) is 6.53. The van der Waals surface area contributed by atoms with E-state index in [9.17, 15) is 4.57 Å². The molecule has 0 radical (unpaired) electrons. The SMILES string of the molecule is COP(=O)(OC)C(=S)NC1CCCCC1. The molecule has 0 atom stereocenters. The van der Waals surface area contributed by atoms with Gasteiger partial charge in [0.25, 0.3) is 0 Å². The Labute approximate surface area is 96.3 Å². The van der Waals surface area contributed by atoms with Crippen LogP contribution in [0.2, 0.25) is 0 Å². The van der Waals surface area contributed by atoms with Crippen molar-refractivity contribution in [1.29, 1.82) is 0 Å². The number of hydrogen-bond acceptors (Lipinski definition) is 4. The Kier molecular flexibility index (Phi) is 5.19. The first kappa shape index (κ1) is 13.1. The zero-order valence-electron chi connectivity index (χ0n) is 9.19. The summed E-state index contributed by atoms with van der Waals surface area (Å²) in [5.41, 5.74) is 0. The minimum Gasteiger partial charge on any atom is -0.367 e. The van der Waals surface area contributed by atoms with Gasteiger partial charge in [-0.15, -0.1) is 0 Å². The van der Waals surface area contributed by atoms with Crippen molar-refractivity contribution < 1.29 is 13.6 Å². The van der Waals surface area contributed by atoms with Gasteiger partial charge in [-0.25, -0.2) is 0 Å². The van der Waals surface area contributed by atoms with Gasteiger partial charge >= 0.3 is 7.60 Å². The molecule has 1 aliphatic rings. The van der Waals surface area contributed by atoms with Crippen LogP contribution in [0.15, 0.2) is 0 Å². The Morgan fingerprint density at radius 2 is 1.80 bits per heavy atom. The predicted molar refractivity (Wildman–Crippen MR) is 64.2 cm³/mol. The molecule has 0 spiro atoms. The fourth-order valence-corrected chi connectivity index (χ4v) is 3.18. The van der Waals surface area contributed by atoms with Gasteiger partial charge in [0.2, 0.25) is 0 Å². The van der Waals surface area contributed by atoms with E-state index in [0.717, 1.165) is 12.8 Å². The number of hydrogen-bond donors (Lipinski definition) is 1. The van der Waals surface area contributed by atoms with Crippen molar-refractivity contribution in [2.45, 2.75) is 38.1 Å². The molecule has 0 aliphatic heterocycles. The van der Waals surface area contributed by atoms with Crippen LogP contribution in [-0.2, 0) is 13.6 Å². The highest BCUT2D eigenvalue weighted by atomic mass is 32.1. The average Bonchev–Trinajstić information content (AvgIpc) is 2.29. The van der Waals surface area contributed by atoms with Crippen LogP contribution in [0.1, 0.15) is 32.1 Å². The van der Waals surface area contributed by atoms with Gasteiger partial charge < -0.3 is 14.4 Å². The molecule has 88 valence electrons. The summed E-state index contributed by atoms with van der Waals surface area (Å²) in [7, 11) is -0.526. The van der Waals surface area contributed by atoms with E-state index in [2.05, 4.69) is 5.32 Å². The van der Waals surface area contributed by atoms with E-state index in [4.69, 9.17) is 21.3 Å². The van der Waals surface area contributed by atoms with Gasteiger partial charge in [0.1, 0.15) is 0 Å². The summed E-state index contributed by atoms with van der Waals surface area (Å²) in [4.78, 5) is 0. The lowest BCUT2D eigenvalue weighted by Crippen LogP contribution is -2.35. The summed E-state index contributed by atoms with van der Waals surface area (Å²) >= 11 is 5.04. The predicted octanol–water partition coefficient (Wildman–Crippen LogP) is 2.68. The lowest BCUT2D eigenvalue weighted by molar-refractivity contribution is 0.288. The number of thiocarbonyl (C=S) groups is 1. The third kappa shape index (κ3) is 3.52. The molecule has 0 bridgehead atoms. The maximum atomic E-state index is 11.9. The summed E-state index contributed by atoms with van der Waals surface area (Å²) in [6.07, 6.45) is 5.83. The van der Waals surface area contributed by atoms with Crippen LogP contribution in [-0.4, -0.2) is 25.0 Å². The van der Waals surface area contributed by atoms with Crippen molar-refractivity contribution in [3.8, 4) is 0 Å².